The fourth-order valence-electron chi connectivity index (χ4n) is 3.44. The Labute approximate surface area is 164 Å². The molecule has 28 heavy (non-hydrogen) atoms. The SMILES string of the molecule is CC(C)(C)OC(=O)N[C@@H](Cc1cnc(C2CC2)[nH]1)C(=O)N1CCC[C@H]1C(N)=O. The van der Waals surface area contributed by atoms with Crippen molar-refractivity contribution in [2.24, 2.45) is 5.73 Å². The molecule has 9 nitrogen and oxygen atoms in total. The Hall–Kier alpha value is -2.58. The lowest BCUT2D eigenvalue weighted by Gasteiger charge is -2.28. The first-order valence-corrected chi connectivity index (χ1v) is 9.77. The second-order valence-electron chi connectivity index (χ2n) is 8.56. The number of carbonyl (C=O) groups is 3. The van der Waals surface area contributed by atoms with Gasteiger partial charge in [-0.2, -0.15) is 0 Å². The van der Waals surface area contributed by atoms with Crippen LogP contribution in [0.25, 0.3) is 0 Å². The highest BCUT2D eigenvalue weighted by atomic mass is 16.6. The second-order valence-corrected chi connectivity index (χ2v) is 8.56. The maximum Gasteiger partial charge on any atom is 0.408 e. The van der Waals surface area contributed by atoms with Crippen molar-refractivity contribution in [1.29, 1.82) is 0 Å². The zero-order valence-electron chi connectivity index (χ0n) is 16.7. The average molecular weight is 391 g/mol. The number of H-pyrrole nitrogens is 1. The van der Waals surface area contributed by atoms with Crippen LogP contribution in [0.3, 0.4) is 0 Å². The Balaban J connectivity index is 1.75. The number of nitrogens with one attached hydrogen (secondary N) is 2. The molecule has 1 aliphatic heterocycles. The topological polar surface area (TPSA) is 130 Å². The van der Waals surface area contributed by atoms with E-state index in [-0.39, 0.29) is 12.3 Å². The van der Waals surface area contributed by atoms with Gasteiger partial charge in [0.15, 0.2) is 0 Å². The molecule has 0 bridgehead atoms. The van der Waals surface area contributed by atoms with Crippen molar-refractivity contribution in [3.63, 3.8) is 0 Å². The van der Waals surface area contributed by atoms with Gasteiger partial charge in [-0.05, 0) is 46.5 Å². The summed E-state index contributed by atoms with van der Waals surface area (Å²) in [4.78, 5) is 46.2. The van der Waals surface area contributed by atoms with Crippen LogP contribution in [0.4, 0.5) is 4.79 Å². The smallest absolute Gasteiger partial charge is 0.408 e. The molecule has 2 atom stereocenters. The summed E-state index contributed by atoms with van der Waals surface area (Å²) in [6.07, 6.45) is 4.71. The molecule has 1 aromatic heterocycles. The standard InChI is InChI=1S/C19H29N5O4/c1-19(2,3)28-18(27)23-13(9-12-10-21-16(22-12)11-6-7-11)17(26)24-8-4-5-14(24)15(20)25/h10-11,13-14H,4-9H2,1-3H3,(H2,20,25)(H,21,22)(H,23,27)/t13-,14-/m0/s1. The van der Waals surface area contributed by atoms with Crippen LogP contribution in [0.1, 0.15) is 63.9 Å². The van der Waals surface area contributed by atoms with Gasteiger partial charge in [0.05, 0.1) is 0 Å². The molecule has 1 saturated heterocycles. The van der Waals surface area contributed by atoms with Gasteiger partial charge in [0.1, 0.15) is 23.5 Å². The Morgan fingerprint density at radius 3 is 2.68 bits per heavy atom. The molecule has 1 aromatic rings. The molecule has 2 aliphatic rings. The van der Waals surface area contributed by atoms with E-state index in [2.05, 4.69) is 15.3 Å². The molecule has 9 heteroatoms. The number of aromatic nitrogens is 2. The van der Waals surface area contributed by atoms with E-state index in [4.69, 9.17) is 10.5 Å². The Bertz CT molecular complexity index is 750. The lowest BCUT2D eigenvalue weighted by atomic mass is 10.1. The number of likely N-dealkylation sites (tertiary alicyclic amines) is 1. The summed E-state index contributed by atoms with van der Waals surface area (Å²) in [5.74, 6) is 0.503. The fraction of sp³-hybridized carbons (Fsp3) is 0.684. The summed E-state index contributed by atoms with van der Waals surface area (Å²) < 4.78 is 5.31. The van der Waals surface area contributed by atoms with E-state index < -0.39 is 29.7 Å². The molecule has 0 aromatic carbocycles. The first kappa shape index (κ1) is 20.2. The zero-order valence-corrected chi connectivity index (χ0v) is 16.7. The predicted octanol–water partition coefficient (Wildman–Crippen LogP) is 1.20. The molecule has 4 N–H and O–H groups in total. The van der Waals surface area contributed by atoms with Crippen molar-refractivity contribution in [3.8, 4) is 0 Å². The van der Waals surface area contributed by atoms with Crippen molar-refractivity contribution >= 4 is 17.9 Å². The van der Waals surface area contributed by atoms with Crippen LogP contribution in [0.2, 0.25) is 0 Å². The number of alkyl carbamates (subject to hydrolysis) is 1. The van der Waals surface area contributed by atoms with Gasteiger partial charge in [0, 0.05) is 30.8 Å². The highest BCUT2D eigenvalue weighted by Gasteiger charge is 2.37. The highest BCUT2D eigenvalue weighted by Crippen LogP contribution is 2.38. The van der Waals surface area contributed by atoms with E-state index in [1.54, 1.807) is 27.0 Å². The van der Waals surface area contributed by atoms with Crippen LogP contribution >= 0.6 is 0 Å². The highest BCUT2D eigenvalue weighted by molar-refractivity contribution is 5.91. The molecular weight excluding hydrogens is 362 g/mol. The number of ether oxygens (including phenoxy) is 1. The molecule has 3 amide bonds. The number of primary amides is 1. The van der Waals surface area contributed by atoms with Crippen LogP contribution in [0.5, 0.6) is 0 Å². The van der Waals surface area contributed by atoms with Crippen molar-refractivity contribution in [2.45, 2.75) is 76.5 Å². The normalized spacial score (nSPS) is 20.7. The molecule has 0 spiro atoms. The summed E-state index contributed by atoms with van der Waals surface area (Å²) in [5.41, 5.74) is 5.52. The van der Waals surface area contributed by atoms with Crippen LogP contribution < -0.4 is 11.1 Å². The summed E-state index contributed by atoms with van der Waals surface area (Å²) in [6.45, 7) is 5.70. The minimum absolute atomic E-state index is 0.236. The molecule has 2 heterocycles. The van der Waals surface area contributed by atoms with Gasteiger partial charge >= 0.3 is 6.09 Å². The van der Waals surface area contributed by atoms with E-state index in [9.17, 15) is 14.4 Å². The third-order valence-corrected chi connectivity index (χ3v) is 4.89. The summed E-state index contributed by atoms with van der Waals surface area (Å²) in [7, 11) is 0. The number of carbonyl (C=O) groups excluding carboxylic acids is 3. The Morgan fingerprint density at radius 1 is 1.36 bits per heavy atom. The van der Waals surface area contributed by atoms with Gasteiger partial charge in [0.2, 0.25) is 11.8 Å². The number of amides is 3. The molecule has 1 aliphatic carbocycles. The van der Waals surface area contributed by atoms with Gasteiger partial charge in [-0.25, -0.2) is 9.78 Å². The first-order chi connectivity index (χ1) is 13.1. The molecule has 3 rings (SSSR count). The molecule has 1 saturated carbocycles. The third kappa shape index (κ3) is 5.02. The molecule has 154 valence electrons. The Kier molecular flexibility index (Phi) is 5.62. The average Bonchev–Trinajstić information content (AvgIpc) is 3.13. The predicted molar refractivity (Wildman–Crippen MR) is 101 cm³/mol. The van der Waals surface area contributed by atoms with Crippen LogP contribution in [0.15, 0.2) is 6.20 Å². The largest absolute Gasteiger partial charge is 0.444 e. The van der Waals surface area contributed by atoms with E-state index >= 15 is 0 Å². The third-order valence-electron chi connectivity index (χ3n) is 4.89. The van der Waals surface area contributed by atoms with Gasteiger partial charge < -0.3 is 25.7 Å². The van der Waals surface area contributed by atoms with Gasteiger partial charge in [-0.3, -0.25) is 9.59 Å². The summed E-state index contributed by atoms with van der Waals surface area (Å²) in [5, 5.41) is 2.66. The summed E-state index contributed by atoms with van der Waals surface area (Å²) in [6, 6.07) is -1.51. The fourth-order valence-corrected chi connectivity index (χ4v) is 3.44. The van der Waals surface area contributed by atoms with Crippen molar-refractivity contribution in [1.82, 2.24) is 20.2 Å². The van der Waals surface area contributed by atoms with Crippen molar-refractivity contribution in [3.05, 3.63) is 17.7 Å². The lowest BCUT2D eigenvalue weighted by Crippen LogP contribution is -2.54. The first-order valence-electron chi connectivity index (χ1n) is 9.77. The number of imidazole rings is 1. The number of nitrogens with two attached hydrogens (primary N) is 1. The molecule has 0 unspecified atom stereocenters. The second kappa shape index (κ2) is 7.81. The maximum atomic E-state index is 13.1. The number of hydrogen-bond donors (Lipinski definition) is 3. The quantitative estimate of drug-likeness (QED) is 0.671. The number of nitrogens with zero attached hydrogens (tertiary/aromatic N) is 2. The van der Waals surface area contributed by atoms with Gasteiger partial charge in [-0.15, -0.1) is 0 Å². The van der Waals surface area contributed by atoms with Crippen LogP contribution in [-0.4, -0.2) is 57.0 Å². The molecule has 0 radical (unpaired) electrons. The van der Waals surface area contributed by atoms with E-state index in [0.29, 0.717) is 25.3 Å². The van der Waals surface area contributed by atoms with Crippen molar-refractivity contribution in [2.75, 3.05) is 6.54 Å². The minimum Gasteiger partial charge on any atom is -0.444 e. The van der Waals surface area contributed by atoms with E-state index in [0.717, 1.165) is 24.4 Å². The monoisotopic (exact) mass is 391 g/mol. The number of rotatable bonds is 6. The maximum absolute atomic E-state index is 13.1. The summed E-state index contributed by atoms with van der Waals surface area (Å²) >= 11 is 0. The van der Waals surface area contributed by atoms with Gasteiger partial charge in [0.25, 0.3) is 0 Å². The molecule has 2 fully saturated rings. The number of aromatic amines is 1. The Morgan fingerprint density at radius 2 is 2.07 bits per heavy atom. The van der Waals surface area contributed by atoms with Crippen molar-refractivity contribution < 1.29 is 19.1 Å². The number of hydrogen-bond acceptors (Lipinski definition) is 5. The van der Waals surface area contributed by atoms with Crippen LogP contribution in [0, 0.1) is 0 Å². The van der Waals surface area contributed by atoms with Gasteiger partial charge in [-0.1, -0.05) is 0 Å². The minimum atomic E-state index is -0.873. The van der Waals surface area contributed by atoms with Crippen LogP contribution in [-0.2, 0) is 20.7 Å². The van der Waals surface area contributed by atoms with E-state index in [1.165, 1.54) is 4.90 Å². The molecular formula is C19H29N5O4. The van der Waals surface area contributed by atoms with E-state index in [1.807, 2.05) is 0 Å². The lowest BCUT2D eigenvalue weighted by molar-refractivity contribution is -0.139. The zero-order chi connectivity index (χ0) is 20.5.